The Hall–Kier alpha value is -3.27. The maximum Gasteiger partial charge on any atom is 0.264 e. The van der Waals surface area contributed by atoms with Crippen LogP contribution in [0.2, 0.25) is 20.1 Å². The van der Waals surface area contributed by atoms with Crippen LogP contribution < -0.4 is 9.62 Å². The van der Waals surface area contributed by atoms with Crippen molar-refractivity contribution in [3.8, 4) is 0 Å². The van der Waals surface area contributed by atoms with Gasteiger partial charge in [-0.05, 0) is 66.4 Å². The summed E-state index contributed by atoms with van der Waals surface area (Å²) < 4.78 is 29.3. The molecule has 0 aromatic heterocycles. The number of aryl methyl sites for hydroxylation is 1. The standard InChI is InChI=1S/C35H35Cl4N3O4S/c1-23(2)20-40-35(44)33(18-25-7-5-4-6-8-25)41(21-26-11-15-29(36)31(38)17-26)34(43)22-42(27-12-16-30(37)32(39)19-27)47(45,46)28-13-9-24(3)10-14-28/h4-17,19,23,33H,18,20-22H2,1-3H3,(H,40,44)/t33-/m1/s1. The van der Waals surface area contributed by atoms with E-state index in [1.54, 1.807) is 30.3 Å². The molecular formula is C35H35Cl4N3O4S. The Balaban J connectivity index is 1.83. The lowest BCUT2D eigenvalue weighted by Crippen LogP contribution is -2.53. The van der Waals surface area contributed by atoms with Gasteiger partial charge in [-0.3, -0.25) is 13.9 Å². The molecule has 0 fully saturated rings. The number of halogens is 4. The number of rotatable bonds is 13. The van der Waals surface area contributed by atoms with E-state index in [0.29, 0.717) is 17.1 Å². The van der Waals surface area contributed by atoms with Crippen LogP contribution in [-0.2, 0) is 32.6 Å². The monoisotopic (exact) mass is 733 g/mol. The molecule has 7 nitrogen and oxygen atoms in total. The highest BCUT2D eigenvalue weighted by molar-refractivity contribution is 7.92. The molecule has 0 heterocycles. The molecular weight excluding hydrogens is 700 g/mol. The molecule has 0 aliphatic carbocycles. The van der Waals surface area contributed by atoms with Crippen LogP contribution in [0.5, 0.6) is 0 Å². The first-order chi connectivity index (χ1) is 22.3. The van der Waals surface area contributed by atoms with E-state index in [4.69, 9.17) is 46.4 Å². The Labute approximate surface area is 296 Å². The van der Waals surface area contributed by atoms with Gasteiger partial charge in [-0.25, -0.2) is 8.42 Å². The summed E-state index contributed by atoms with van der Waals surface area (Å²) in [5, 5.41) is 3.91. The average molecular weight is 736 g/mol. The van der Waals surface area contributed by atoms with Gasteiger partial charge in [0.05, 0.1) is 30.7 Å². The Morgan fingerprint density at radius 1 is 0.766 bits per heavy atom. The molecule has 0 unspecified atom stereocenters. The van der Waals surface area contributed by atoms with Crippen molar-refractivity contribution in [1.29, 1.82) is 0 Å². The van der Waals surface area contributed by atoms with E-state index in [1.165, 1.54) is 35.2 Å². The highest BCUT2D eigenvalue weighted by Gasteiger charge is 2.35. The third-order valence-electron chi connectivity index (χ3n) is 7.37. The minimum absolute atomic E-state index is 0.0199. The number of nitrogens with one attached hydrogen (secondary N) is 1. The molecule has 4 aromatic rings. The predicted molar refractivity (Wildman–Crippen MR) is 191 cm³/mol. The molecule has 0 saturated heterocycles. The van der Waals surface area contributed by atoms with E-state index in [-0.39, 0.29) is 50.4 Å². The maximum absolute atomic E-state index is 14.6. The zero-order valence-corrected chi connectivity index (χ0v) is 29.9. The zero-order chi connectivity index (χ0) is 34.3. The summed E-state index contributed by atoms with van der Waals surface area (Å²) in [7, 11) is -4.30. The van der Waals surface area contributed by atoms with Gasteiger partial charge in [-0.2, -0.15) is 0 Å². The lowest BCUT2D eigenvalue weighted by Gasteiger charge is -2.34. The van der Waals surface area contributed by atoms with Crippen LogP contribution in [0, 0.1) is 12.8 Å². The second kappa shape index (κ2) is 16.2. The van der Waals surface area contributed by atoms with Gasteiger partial charge in [0.15, 0.2) is 0 Å². The topological polar surface area (TPSA) is 86.8 Å². The summed E-state index contributed by atoms with van der Waals surface area (Å²) in [5.41, 5.74) is 2.42. The largest absolute Gasteiger partial charge is 0.354 e. The number of nitrogens with zero attached hydrogens (tertiary/aromatic N) is 2. The minimum Gasteiger partial charge on any atom is -0.354 e. The van der Waals surface area contributed by atoms with Gasteiger partial charge in [-0.15, -0.1) is 0 Å². The molecule has 0 aliphatic rings. The Morgan fingerprint density at radius 3 is 1.98 bits per heavy atom. The second-order valence-corrected chi connectivity index (χ2v) is 15.0. The molecule has 0 aliphatic heterocycles. The quantitative estimate of drug-likeness (QED) is 0.150. The third-order valence-corrected chi connectivity index (χ3v) is 10.6. The summed E-state index contributed by atoms with van der Waals surface area (Å²) in [6, 6.07) is 23.9. The van der Waals surface area contributed by atoms with Gasteiger partial charge < -0.3 is 10.2 Å². The van der Waals surface area contributed by atoms with Crippen LogP contribution in [0.4, 0.5) is 5.69 Å². The normalized spacial score (nSPS) is 12.1. The van der Waals surface area contributed by atoms with Crippen LogP contribution in [0.1, 0.15) is 30.5 Å². The Morgan fingerprint density at radius 2 is 1.38 bits per heavy atom. The van der Waals surface area contributed by atoms with Crippen molar-refractivity contribution in [2.45, 2.75) is 44.7 Å². The van der Waals surface area contributed by atoms with E-state index < -0.39 is 28.5 Å². The van der Waals surface area contributed by atoms with E-state index in [0.717, 1.165) is 15.4 Å². The van der Waals surface area contributed by atoms with Crippen LogP contribution in [0.15, 0.2) is 95.9 Å². The summed E-state index contributed by atoms with van der Waals surface area (Å²) >= 11 is 25.0. The summed E-state index contributed by atoms with van der Waals surface area (Å²) in [4.78, 5) is 29.8. The maximum atomic E-state index is 14.6. The number of amides is 2. The van der Waals surface area contributed by atoms with Crippen molar-refractivity contribution in [3.05, 3.63) is 128 Å². The fourth-order valence-electron chi connectivity index (χ4n) is 4.82. The first-order valence-corrected chi connectivity index (χ1v) is 17.8. The van der Waals surface area contributed by atoms with Gasteiger partial charge in [0.1, 0.15) is 12.6 Å². The van der Waals surface area contributed by atoms with E-state index in [1.807, 2.05) is 51.1 Å². The van der Waals surface area contributed by atoms with Crippen LogP contribution in [0.25, 0.3) is 0 Å². The van der Waals surface area contributed by atoms with Crippen molar-refractivity contribution < 1.29 is 18.0 Å². The summed E-state index contributed by atoms with van der Waals surface area (Å²) in [6.07, 6.45) is 0.176. The highest BCUT2D eigenvalue weighted by Crippen LogP contribution is 2.31. The van der Waals surface area contributed by atoms with Crippen LogP contribution in [0.3, 0.4) is 0 Å². The Bertz CT molecular complexity index is 1820. The van der Waals surface area contributed by atoms with Crippen molar-refractivity contribution in [1.82, 2.24) is 10.2 Å². The SMILES string of the molecule is Cc1ccc(S(=O)(=O)N(CC(=O)N(Cc2ccc(Cl)c(Cl)c2)[C@H](Cc2ccccc2)C(=O)NCC(C)C)c2ccc(Cl)c(Cl)c2)cc1. The van der Waals surface area contributed by atoms with Gasteiger partial charge in [-0.1, -0.05) is 114 Å². The molecule has 248 valence electrons. The lowest BCUT2D eigenvalue weighted by atomic mass is 10.0. The number of benzene rings is 4. The van der Waals surface area contributed by atoms with Crippen LogP contribution >= 0.6 is 46.4 Å². The molecule has 1 N–H and O–H groups in total. The number of carbonyl (C=O) groups excluding carboxylic acids is 2. The molecule has 4 rings (SSSR count). The minimum atomic E-state index is -4.30. The second-order valence-electron chi connectivity index (χ2n) is 11.5. The lowest BCUT2D eigenvalue weighted by molar-refractivity contribution is -0.140. The molecule has 0 spiro atoms. The smallest absolute Gasteiger partial charge is 0.264 e. The average Bonchev–Trinajstić information content (AvgIpc) is 3.04. The molecule has 1 atom stereocenters. The van der Waals surface area contributed by atoms with E-state index in [2.05, 4.69) is 5.32 Å². The van der Waals surface area contributed by atoms with Gasteiger partial charge >= 0.3 is 0 Å². The van der Waals surface area contributed by atoms with Crippen molar-refractivity contribution in [2.75, 3.05) is 17.4 Å². The molecule has 0 saturated carbocycles. The molecule has 0 radical (unpaired) electrons. The number of carbonyl (C=O) groups is 2. The van der Waals surface area contributed by atoms with Crippen molar-refractivity contribution >= 4 is 73.9 Å². The third kappa shape index (κ3) is 9.64. The molecule has 2 amide bonds. The summed E-state index contributed by atoms with van der Waals surface area (Å²) in [5.74, 6) is -0.850. The molecule has 47 heavy (non-hydrogen) atoms. The number of hydrogen-bond donors (Lipinski definition) is 1. The van der Waals surface area contributed by atoms with Gasteiger partial charge in [0, 0.05) is 19.5 Å². The predicted octanol–water partition coefficient (Wildman–Crippen LogP) is 8.22. The number of anilines is 1. The molecule has 4 aromatic carbocycles. The van der Waals surface area contributed by atoms with E-state index in [9.17, 15) is 18.0 Å². The first-order valence-electron chi connectivity index (χ1n) is 14.9. The van der Waals surface area contributed by atoms with Crippen LogP contribution in [-0.4, -0.2) is 44.3 Å². The molecule has 12 heteroatoms. The fourth-order valence-corrected chi connectivity index (χ4v) is 6.84. The van der Waals surface area contributed by atoms with Gasteiger partial charge in [0.25, 0.3) is 10.0 Å². The number of hydrogen-bond acceptors (Lipinski definition) is 4. The van der Waals surface area contributed by atoms with E-state index >= 15 is 0 Å². The van der Waals surface area contributed by atoms with Crippen molar-refractivity contribution in [2.24, 2.45) is 5.92 Å². The van der Waals surface area contributed by atoms with Gasteiger partial charge in [0.2, 0.25) is 11.8 Å². The highest BCUT2D eigenvalue weighted by atomic mass is 35.5. The fraction of sp³-hybridized carbons (Fsp3) is 0.257. The Kier molecular flexibility index (Phi) is 12.6. The molecule has 0 bridgehead atoms. The van der Waals surface area contributed by atoms with Crippen molar-refractivity contribution in [3.63, 3.8) is 0 Å². The first kappa shape index (κ1) is 36.6. The zero-order valence-electron chi connectivity index (χ0n) is 26.1. The summed E-state index contributed by atoms with van der Waals surface area (Å²) in [6.45, 7) is 5.47. The number of sulfonamides is 1.